The summed E-state index contributed by atoms with van der Waals surface area (Å²) in [4.78, 5) is 11.6. The van der Waals surface area contributed by atoms with Crippen LogP contribution in [0, 0.1) is 0 Å². The Morgan fingerprint density at radius 3 is 2.50 bits per heavy atom. The van der Waals surface area contributed by atoms with Gasteiger partial charge in [-0.2, -0.15) is 0 Å². The Morgan fingerprint density at radius 2 is 1.93 bits per heavy atom. The zero-order valence-electron chi connectivity index (χ0n) is 18.4. The molecule has 0 aliphatic carbocycles. The molecule has 1 aliphatic rings. The molecule has 158 valence electrons. The minimum atomic E-state index is 0.472. The molecule has 0 saturated carbocycles. The number of rotatable bonds is 8. The number of aliphatic imine (C=N–C) groups is 1. The lowest BCUT2D eigenvalue weighted by molar-refractivity contribution is 0.107. The van der Waals surface area contributed by atoms with Crippen molar-refractivity contribution in [1.29, 1.82) is 0 Å². The van der Waals surface area contributed by atoms with Crippen molar-refractivity contribution in [3.63, 3.8) is 0 Å². The van der Waals surface area contributed by atoms with Gasteiger partial charge in [0.25, 0.3) is 0 Å². The summed E-state index contributed by atoms with van der Waals surface area (Å²) in [6.07, 6.45) is 0. The molecule has 7 nitrogen and oxygen atoms in total. The molecule has 0 aromatic heterocycles. The molecule has 1 atom stereocenters. The number of likely N-dealkylation sites (N-methyl/N-ethyl adjacent to an activating group) is 1. The van der Waals surface area contributed by atoms with Gasteiger partial charge in [-0.1, -0.05) is 6.92 Å². The SMILES string of the molecule is CCN1CCN(C(C)CNC(=NC)N(C)Cc2ccc(OC)cc2OC)CC1. The smallest absolute Gasteiger partial charge is 0.193 e. The zero-order valence-corrected chi connectivity index (χ0v) is 18.4. The van der Waals surface area contributed by atoms with Crippen LogP contribution in [-0.2, 0) is 6.54 Å². The molecule has 1 aromatic carbocycles. The largest absolute Gasteiger partial charge is 0.497 e. The van der Waals surface area contributed by atoms with Gasteiger partial charge >= 0.3 is 0 Å². The van der Waals surface area contributed by atoms with E-state index in [2.05, 4.69) is 38.9 Å². The maximum absolute atomic E-state index is 5.52. The van der Waals surface area contributed by atoms with Gasteiger partial charge in [0.1, 0.15) is 11.5 Å². The van der Waals surface area contributed by atoms with Crippen molar-refractivity contribution in [3.8, 4) is 11.5 Å². The molecular weight excluding hydrogens is 354 g/mol. The highest BCUT2D eigenvalue weighted by Crippen LogP contribution is 2.25. The molecule has 0 radical (unpaired) electrons. The van der Waals surface area contributed by atoms with Crippen LogP contribution in [0.4, 0.5) is 0 Å². The summed E-state index contributed by atoms with van der Waals surface area (Å²) in [6, 6.07) is 6.38. The van der Waals surface area contributed by atoms with Crippen molar-refractivity contribution < 1.29 is 9.47 Å². The number of methoxy groups -OCH3 is 2. The molecule has 7 heteroatoms. The topological polar surface area (TPSA) is 52.6 Å². The van der Waals surface area contributed by atoms with Crippen molar-refractivity contribution in [2.45, 2.75) is 26.4 Å². The number of nitrogens with one attached hydrogen (secondary N) is 1. The third-order valence-corrected chi connectivity index (χ3v) is 5.51. The van der Waals surface area contributed by atoms with E-state index in [4.69, 9.17) is 9.47 Å². The van der Waals surface area contributed by atoms with E-state index >= 15 is 0 Å². The van der Waals surface area contributed by atoms with Gasteiger partial charge in [0, 0.05) is 71.0 Å². The van der Waals surface area contributed by atoms with Crippen molar-refractivity contribution in [1.82, 2.24) is 20.0 Å². The lowest BCUT2D eigenvalue weighted by Crippen LogP contribution is -2.53. The van der Waals surface area contributed by atoms with Gasteiger partial charge in [0.15, 0.2) is 5.96 Å². The first-order chi connectivity index (χ1) is 13.5. The predicted molar refractivity (Wildman–Crippen MR) is 116 cm³/mol. The fraction of sp³-hybridized carbons (Fsp3) is 0.667. The van der Waals surface area contributed by atoms with E-state index in [0.29, 0.717) is 12.6 Å². The molecule has 1 aromatic rings. The first-order valence-electron chi connectivity index (χ1n) is 10.1. The summed E-state index contributed by atoms with van der Waals surface area (Å²) in [7, 11) is 7.22. The van der Waals surface area contributed by atoms with Crippen molar-refractivity contribution in [3.05, 3.63) is 23.8 Å². The van der Waals surface area contributed by atoms with Crippen LogP contribution in [0.2, 0.25) is 0 Å². The van der Waals surface area contributed by atoms with Crippen LogP contribution in [0.1, 0.15) is 19.4 Å². The quantitative estimate of drug-likeness (QED) is 0.538. The standard InChI is InChI=1S/C21H37N5O2/c1-7-25-10-12-26(13-11-25)17(2)15-23-21(22-3)24(4)16-18-8-9-19(27-5)14-20(18)28-6/h8-9,14,17H,7,10-13,15-16H2,1-6H3,(H,22,23). The molecule has 28 heavy (non-hydrogen) atoms. The maximum Gasteiger partial charge on any atom is 0.193 e. The molecule has 0 amide bonds. The average Bonchev–Trinajstić information content (AvgIpc) is 2.74. The van der Waals surface area contributed by atoms with E-state index in [1.807, 2.05) is 32.3 Å². The number of nitrogens with zero attached hydrogens (tertiary/aromatic N) is 4. The minimum absolute atomic E-state index is 0.472. The van der Waals surface area contributed by atoms with Gasteiger partial charge in [0.05, 0.1) is 14.2 Å². The summed E-state index contributed by atoms with van der Waals surface area (Å²) < 4.78 is 10.8. The molecule has 1 saturated heterocycles. The van der Waals surface area contributed by atoms with E-state index in [0.717, 1.165) is 62.3 Å². The summed E-state index contributed by atoms with van der Waals surface area (Å²) in [5.74, 6) is 2.50. The third kappa shape index (κ3) is 6.01. The van der Waals surface area contributed by atoms with E-state index in [1.54, 1.807) is 14.2 Å². The highest BCUT2D eigenvalue weighted by molar-refractivity contribution is 5.79. The monoisotopic (exact) mass is 391 g/mol. The summed E-state index contributed by atoms with van der Waals surface area (Å²) in [5, 5.41) is 3.53. The van der Waals surface area contributed by atoms with Gasteiger partial charge < -0.3 is 24.6 Å². The van der Waals surface area contributed by atoms with Gasteiger partial charge in [-0.15, -0.1) is 0 Å². The van der Waals surface area contributed by atoms with Crippen LogP contribution in [-0.4, -0.2) is 94.3 Å². The summed E-state index contributed by atoms with van der Waals surface area (Å²) in [5.41, 5.74) is 1.09. The molecule has 0 bridgehead atoms. The van der Waals surface area contributed by atoms with Gasteiger partial charge in [-0.25, -0.2) is 0 Å². The van der Waals surface area contributed by atoms with Gasteiger partial charge in [0.2, 0.25) is 0 Å². The number of ether oxygens (including phenoxy) is 2. The highest BCUT2D eigenvalue weighted by atomic mass is 16.5. The van der Waals surface area contributed by atoms with Crippen LogP contribution in [0.15, 0.2) is 23.2 Å². The van der Waals surface area contributed by atoms with Gasteiger partial charge in [-0.05, 0) is 25.6 Å². The summed E-state index contributed by atoms with van der Waals surface area (Å²) >= 11 is 0. The molecule has 2 rings (SSSR count). The second kappa shape index (κ2) is 11.1. The molecule has 1 unspecified atom stereocenters. The Bertz CT molecular complexity index is 629. The van der Waals surface area contributed by atoms with Crippen molar-refractivity contribution >= 4 is 5.96 Å². The van der Waals surface area contributed by atoms with Crippen molar-refractivity contribution in [2.75, 3.05) is 67.6 Å². The lowest BCUT2D eigenvalue weighted by atomic mass is 10.2. The Balaban J connectivity index is 1.89. The molecule has 0 spiro atoms. The van der Waals surface area contributed by atoms with E-state index in [1.165, 1.54) is 0 Å². The molecule has 1 aliphatic heterocycles. The molecule has 1 heterocycles. The average molecular weight is 392 g/mol. The van der Waals surface area contributed by atoms with Gasteiger partial charge in [-0.3, -0.25) is 9.89 Å². The Hall–Kier alpha value is -1.99. The van der Waals surface area contributed by atoms with E-state index in [9.17, 15) is 0 Å². The van der Waals surface area contributed by atoms with E-state index in [-0.39, 0.29) is 0 Å². The fourth-order valence-electron chi connectivity index (χ4n) is 3.59. The third-order valence-electron chi connectivity index (χ3n) is 5.51. The Kier molecular flexibility index (Phi) is 8.86. The van der Waals surface area contributed by atoms with Crippen LogP contribution in [0.5, 0.6) is 11.5 Å². The first kappa shape index (κ1) is 22.3. The van der Waals surface area contributed by atoms with Crippen molar-refractivity contribution in [2.24, 2.45) is 4.99 Å². The van der Waals surface area contributed by atoms with Crippen LogP contribution in [0.25, 0.3) is 0 Å². The predicted octanol–water partition coefficient (Wildman–Crippen LogP) is 1.74. The Morgan fingerprint density at radius 1 is 1.21 bits per heavy atom. The molecule has 1 fully saturated rings. The van der Waals surface area contributed by atoms with Crippen LogP contribution < -0.4 is 14.8 Å². The second-order valence-electron chi connectivity index (χ2n) is 7.28. The zero-order chi connectivity index (χ0) is 20.5. The second-order valence-corrected chi connectivity index (χ2v) is 7.28. The molecular formula is C21H37N5O2. The first-order valence-corrected chi connectivity index (χ1v) is 10.1. The normalized spacial score (nSPS) is 17.3. The lowest BCUT2D eigenvalue weighted by Gasteiger charge is -2.38. The number of hydrogen-bond acceptors (Lipinski definition) is 5. The number of benzene rings is 1. The van der Waals surface area contributed by atoms with Crippen LogP contribution in [0.3, 0.4) is 0 Å². The van der Waals surface area contributed by atoms with E-state index < -0.39 is 0 Å². The highest BCUT2D eigenvalue weighted by Gasteiger charge is 2.20. The summed E-state index contributed by atoms with van der Waals surface area (Å²) in [6.45, 7) is 11.8. The number of guanidine groups is 1. The number of hydrogen-bond donors (Lipinski definition) is 1. The Labute approximate surface area is 170 Å². The van der Waals surface area contributed by atoms with Crippen LogP contribution >= 0.6 is 0 Å². The molecule has 1 N–H and O–H groups in total. The number of piperazine rings is 1. The minimum Gasteiger partial charge on any atom is -0.497 e. The fourth-order valence-corrected chi connectivity index (χ4v) is 3.59. The maximum atomic E-state index is 5.52.